The molecule has 0 aromatic carbocycles. The third-order valence-electron chi connectivity index (χ3n) is 2.70. The van der Waals surface area contributed by atoms with Gasteiger partial charge in [-0.05, 0) is 14.0 Å². The van der Waals surface area contributed by atoms with E-state index in [1.165, 1.54) is 12.7 Å². The van der Waals surface area contributed by atoms with Crippen molar-refractivity contribution < 1.29 is 13.9 Å². The maximum atomic E-state index is 12.2. The molecular formula is C10H15N3O3. The van der Waals surface area contributed by atoms with Gasteiger partial charge >= 0.3 is 0 Å². The number of hydrogen-bond acceptors (Lipinski definition) is 5. The first-order valence-electron chi connectivity index (χ1n) is 5.22. The Bertz CT molecular complexity index is 352. The molecule has 0 bridgehead atoms. The summed E-state index contributed by atoms with van der Waals surface area (Å²) in [5.74, 6) is 0.490. The second-order valence-corrected chi connectivity index (χ2v) is 3.68. The van der Waals surface area contributed by atoms with Gasteiger partial charge in [0.25, 0.3) is 0 Å². The average Bonchev–Trinajstić information content (AvgIpc) is 2.74. The summed E-state index contributed by atoms with van der Waals surface area (Å²) in [5, 5.41) is 2.96. The van der Waals surface area contributed by atoms with Crippen LogP contribution in [-0.2, 0) is 9.53 Å². The molecule has 1 aromatic heterocycles. The minimum atomic E-state index is -0.348. The van der Waals surface area contributed by atoms with Crippen LogP contribution in [0.15, 0.2) is 17.1 Å². The molecular weight excluding hydrogens is 210 g/mol. The highest BCUT2D eigenvalue weighted by Crippen LogP contribution is 2.16. The fourth-order valence-corrected chi connectivity index (χ4v) is 1.83. The number of rotatable bonds is 2. The zero-order valence-electron chi connectivity index (χ0n) is 9.34. The monoisotopic (exact) mass is 225 g/mol. The second kappa shape index (κ2) is 4.63. The Morgan fingerprint density at radius 3 is 3.06 bits per heavy atom. The lowest BCUT2D eigenvalue weighted by atomic mass is 10.1. The molecule has 88 valence electrons. The van der Waals surface area contributed by atoms with Crippen molar-refractivity contribution in [3.63, 3.8) is 0 Å². The number of aromatic nitrogens is 1. The smallest absolute Gasteiger partial charge is 0.248 e. The van der Waals surface area contributed by atoms with Gasteiger partial charge in [0, 0.05) is 0 Å². The summed E-state index contributed by atoms with van der Waals surface area (Å²) >= 11 is 0. The number of nitrogens with zero attached hydrogens (tertiary/aromatic N) is 2. The van der Waals surface area contributed by atoms with E-state index in [1.54, 1.807) is 11.9 Å². The van der Waals surface area contributed by atoms with Crippen LogP contribution in [0.5, 0.6) is 0 Å². The highest BCUT2D eigenvalue weighted by atomic mass is 16.5. The predicted octanol–water partition coefficient (Wildman–Crippen LogP) is 0.0143. The van der Waals surface area contributed by atoms with E-state index in [2.05, 4.69) is 10.3 Å². The molecule has 6 nitrogen and oxygen atoms in total. The van der Waals surface area contributed by atoms with E-state index in [9.17, 15) is 4.79 Å². The van der Waals surface area contributed by atoms with Crippen LogP contribution in [0.25, 0.3) is 0 Å². The topological polar surface area (TPSA) is 67.6 Å². The first kappa shape index (κ1) is 11.1. The van der Waals surface area contributed by atoms with Crippen LogP contribution >= 0.6 is 0 Å². The normalized spacial score (nSPS) is 26.9. The Kier molecular flexibility index (Phi) is 3.21. The van der Waals surface area contributed by atoms with Crippen LogP contribution in [0.3, 0.4) is 0 Å². The maximum Gasteiger partial charge on any atom is 0.248 e. The standard InChI is InChI=1S/C10H15N3O3/c1-7-9(11-2)10(14)13(3-4-16-7)8-5-15-6-12-8/h5-7,9,11H,3-4H2,1-2H3. The molecule has 1 fully saturated rings. The Balaban J connectivity index is 2.23. The van der Waals surface area contributed by atoms with E-state index in [1.807, 2.05) is 6.92 Å². The van der Waals surface area contributed by atoms with Gasteiger partial charge in [-0.2, -0.15) is 4.98 Å². The molecule has 1 amide bonds. The molecule has 2 atom stereocenters. The Morgan fingerprint density at radius 2 is 2.44 bits per heavy atom. The van der Waals surface area contributed by atoms with Crippen molar-refractivity contribution in [3.8, 4) is 0 Å². The molecule has 2 heterocycles. The van der Waals surface area contributed by atoms with Gasteiger partial charge in [0.1, 0.15) is 12.3 Å². The first-order chi connectivity index (χ1) is 7.74. The van der Waals surface area contributed by atoms with Crippen molar-refractivity contribution in [1.82, 2.24) is 10.3 Å². The van der Waals surface area contributed by atoms with E-state index in [0.29, 0.717) is 19.0 Å². The molecule has 2 unspecified atom stereocenters. The lowest BCUT2D eigenvalue weighted by Gasteiger charge is -2.22. The quantitative estimate of drug-likeness (QED) is 0.768. The van der Waals surface area contributed by atoms with Gasteiger partial charge in [-0.1, -0.05) is 0 Å². The zero-order valence-corrected chi connectivity index (χ0v) is 9.34. The van der Waals surface area contributed by atoms with Crippen LogP contribution in [-0.4, -0.2) is 43.2 Å². The van der Waals surface area contributed by atoms with Crippen LogP contribution in [0.2, 0.25) is 0 Å². The number of anilines is 1. The van der Waals surface area contributed by atoms with Gasteiger partial charge in [-0.3, -0.25) is 9.69 Å². The number of nitrogens with one attached hydrogen (secondary N) is 1. The van der Waals surface area contributed by atoms with Gasteiger partial charge in [0.15, 0.2) is 12.2 Å². The first-order valence-corrected chi connectivity index (χ1v) is 5.22. The number of amides is 1. The van der Waals surface area contributed by atoms with Gasteiger partial charge in [0.2, 0.25) is 5.91 Å². The van der Waals surface area contributed by atoms with Gasteiger partial charge in [-0.25, -0.2) is 0 Å². The highest BCUT2D eigenvalue weighted by molar-refractivity contribution is 5.96. The number of ether oxygens (including phenoxy) is 1. The molecule has 1 aliphatic rings. The van der Waals surface area contributed by atoms with Crippen molar-refractivity contribution in [2.45, 2.75) is 19.1 Å². The van der Waals surface area contributed by atoms with E-state index >= 15 is 0 Å². The van der Waals surface area contributed by atoms with Gasteiger partial charge in [-0.15, -0.1) is 0 Å². The molecule has 16 heavy (non-hydrogen) atoms. The number of carbonyl (C=O) groups is 1. The second-order valence-electron chi connectivity index (χ2n) is 3.68. The maximum absolute atomic E-state index is 12.2. The highest BCUT2D eigenvalue weighted by Gasteiger charge is 2.33. The summed E-state index contributed by atoms with van der Waals surface area (Å²) in [6.45, 7) is 2.87. The van der Waals surface area contributed by atoms with Crippen LogP contribution < -0.4 is 10.2 Å². The molecule has 0 aliphatic carbocycles. The van der Waals surface area contributed by atoms with Gasteiger partial charge in [0.05, 0.1) is 19.3 Å². The van der Waals surface area contributed by atoms with E-state index in [-0.39, 0.29) is 18.1 Å². The number of hydrogen-bond donors (Lipinski definition) is 1. The Labute approximate surface area is 93.6 Å². The largest absolute Gasteiger partial charge is 0.449 e. The summed E-state index contributed by atoms with van der Waals surface area (Å²) in [7, 11) is 1.74. The van der Waals surface area contributed by atoms with E-state index in [0.717, 1.165) is 0 Å². The molecule has 6 heteroatoms. The van der Waals surface area contributed by atoms with Crippen molar-refractivity contribution in [2.24, 2.45) is 0 Å². The van der Waals surface area contributed by atoms with E-state index in [4.69, 9.17) is 9.15 Å². The number of carbonyl (C=O) groups excluding carboxylic acids is 1. The third kappa shape index (κ3) is 1.94. The molecule has 1 N–H and O–H groups in total. The Morgan fingerprint density at radius 1 is 1.62 bits per heavy atom. The summed E-state index contributed by atoms with van der Waals surface area (Å²) < 4.78 is 10.4. The molecule has 1 aliphatic heterocycles. The summed E-state index contributed by atoms with van der Waals surface area (Å²) in [5.41, 5.74) is 0. The predicted molar refractivity (Wildman–Crippen MR) is 57.1 cm³/mol. The van der Waals surface area contributed by atoms with Crippen LogP contribution in [0, 0.1) is 0 Å². The molecule has 1 saturated heterocycles. The van der Waals surface area contributed by atoms with Crippen molar-refractivity contribution in [1.29, 1.82) is 0 Å². The van der Waals surface area contributed by atoms with Crippen LogP contribution in [0.4, 0.5) is 5.82 Å². The molecule has 2 rings (SSSR count). The van der Waals surface area contributed by atoms with Crippen LogP contribution in [0.1, 0.15) is 6.92 Å². The summed E-state index contributed by atoms with van der Waals surface area (Å²) in [6.07, 6.45) is 2.63. The molecule has 0 radical (unpaired) electrons. The number of likely N-dealkylation sites (N-methyl/N-ethyl adjacent to an activating group) is 1. The fourth-order valence-electron chi connectivity index (χ4n) is 1.83. The van der Waals surface area contributed by atoms with Gasteiger partial charge < -0.3 is 14.5 Å². The Hall–Kier alpha value is -1.40. The van der Waals surface area contributed by atoms with Crippen molar-refractivity contribution >= 4 is 11.7 Å². The fraction of sp³-hybridized carbons (Fsp3) is 0.600. The van der Waals surface area contributed by atoms with E-state index < -0.39 is 0 Å². The van der Waals surface area contributed by atoms with Crippen molar-refractivity contribution in [3.05, 3.63) is 12.7 Å². The number of oxazole rings is 1. The summed E-state index contributed by atoms with van der Waals surface area (Å²) in [4.78, 5) is 17.7. The molecule has 0 spiro atoms. The SMILES string of the molecule is CNC1C(=O)N(c2cocn2)CCOC1C. The lowest BCUT2D eigenvalue weighted by Crippen LogP contribution is -2.49. The molecule has 0 saturated carbocycles. The minimum absolute atomic E-state index is 0.0404. The van der Waals surface area contributed by atoms with Crippen molar-refractivity contribution in [2.75, 3.05) is 25.1 Å². The molecule has 1 aromatic rings. The average molecular weight is 225 g/mol. The zero-order chi connectivity index (χ0) is 11.5. The minimum Gasteiger partial charge on any atom is -0.449 e. The lowest BCUT2D eigenvalue weighted by molar-refractivity contribution is -0.122. The summed E-state index contributed by atoms with van der Waals surface area (Å²) in [6, 6.07) is -0.348. The third-order valence-corrected chi connectivity index (χ3v) is 2.70.